The van der Waals surface area contributed by atoms with Gasteiger partial charge in [-0.15, -0.1) is 0 Å². The molecule has 2 aromatic rings. The van der Waals surface area contributed by atoms with Gasteiger partial charge in [0.25, 0.3) is 0 Å². The second kappa shape index (κ2) is 6.54. The zero-order valence-electron chi connectivity index (χ0n) is 13.2. The molecule has 1 N–H and O–H groups in total. The van der Waals surface area contributed by atoms with Crippen molar-refractivity contribution in [2.45, 2.75) is 25.8 Å². The first-order chi connectivity index (χ1) is 11.1. The molecule has 23 heavy (non-hydrogen) atoms. The van der Waals surface area contributed by atoms with E-state index in [0.717, 1.165) is 35.5 Å². The lowest BCUT2D eigenvalue weighted by molar-refractivity contribution is 0.417. The lowest BCUT2D eigenvalue weighted by Crippen LogP contribution is -2.44. The van der Waals surface area contributed by atoms with E-state index in [-0.39, 0.29) is 11.9 Å². The SMILES string of the molecule is COc1ccccc1NC(=S)N1c2ccc(F)cc2CCC1C. The Morgan fingerprint density at radius 2 is 2.09 bits per heavy atom. The van der Waals surface area contributed by atoms with E-state index in [1.165, 1.54) is 6.07 Å². The molecule has 0 spiro atoms. The maximum Gasteiger partial charge on any atom is 0.178 e. The van der Waals surface area contributed by atoms with Gasteiger partial charge in [-0.3, -0.25) is 0 Å². The third kappa shape index (κ3) is 3.15. The number of rotatable bonds is 2. The van der Waals surface area contributed by atoms with E-state index in [4.69, 9.17) is 17.0 Å². The van der Waals surface area contributed by atoms with Gasteiger partial charge in [-0.25, -0.2) is 4.39 Å². The second-order valence-corrected chi connectivity index (χ2v) is 6.05. The fourth-order valence-corrected chi connectivity index (χ4v) is 3.34. The number of thiocarbonyl (C=S) groups is 1. The van der Waals surface area contributed by atoms with E-state index in [0.29, 0.717) is 5.11 Å². The molecule has 120 valence electrons. The van der Waals surface area contributed by atoms with Crippen molar-refractivity contribution in [2.75, 3.05) is 17.3 Å². The molecule has 0 bridgehead atoms. The Labute approximate surface area is 141 Å². The van der Waals surface area contributed by atoms with Crippen molar-refractivity contribution in [1.82, 2.24) is 0 Å². The van der Waals surface area contributed by atoms with E-state index in [1.807, 2.05) is 24.3 Å². The van der Waals surface area contributed by atoms with Gasteiger partial charge in [-0.1, -0.05) is 12.1 Å². The third-order valence-corrected chi connectivity index (χ3v) is 4.44. The molecular formula is C18H19FN2OS. The normalized spacial score (nSPS) is 16.7. The van der Waals surface area contributed by atoms with Crippen LogP contribution >= 0.6 is 12.2 Å². The number of hydrogen-bond acceptors (Lipinski definition) is 2. The van der Waals surface area contributed by atoms with Crippen LogP contribution in [0, 0.1) is 5.82 Å². The largest absolute Gasteiger partial charge is 0.495 e. The number of methoxy groups -OCH3 is 1. The highest BCUT2D eigenvalue weighted by Crippen LogP contribution is 2.32. The van der Waals surface area contributed by atoms with Crippen molar-refractivity contribution in [2.24, 2.45) is 0 Å². The molecular weight excluding hydrogens is 311 g/mol. The zero-order chi connectivity index (χ0) is 16.4. The van der Waals surface area contributed by atoms with Gasteiger partial charge in [-0.2, -0.15) is 0 Å². The van der Waals surface area contributed by atoms with Crippen LogP contribution in [0.25, 0.3) is 0 Å². The first kappa shape index (κ1) is 15.7. The molecule has 1 atom stereocenters. The average molecular weight is 330 g/mol. The van der Waals surface area contributed by atoms with Crippen LogP contribution in [0.3, 0.4) is 0 Å². The molecule has 3 nitrogen and oxygen atoms in total. The molecule has 0 radical (unpaired) electrons. The summed E-state index contributed by atoms with van der Waals surface area (Å²) in [6, 6.07) is 12.8. The van der Waals surface area contributed by atoms with Crippen LogP contribution < -0.4 is 15.0 Å². The van der Waals surface area contributed by atoms with Crippen molar-refractivity contribution in [3.05, 3.63) is 53.8 Å². The van der Waals surface area contributed by atoms with Crippen LogP contribution in [0.5, 0.6) is 5.75 Å². The quantitative estimate of drug-likeness (QED) is 0.826. The summed E-state index contributed by atoms with van der Waals surface area (Å²) in [5, 5.41) is 3.85. The predicted octanol–water partition coefficient (Wildman–Crippen LogP) is 4.37. The Kier molecular flexibility index (Phi) is 4.48. The van der Waals surface area contributed by atoms with E-state index < -0.39 is 0 Å². The average Bonchev–Trinajstić information content (AvgIpc) is 2.55. The van der Waals surface area contributed by atoms with Crippen molar-refractivity contribution in [3.8, 4) is 5.75 Å². The molecule has 0 aliphatic carbocycles. The van der Waals surface area contributed by atoms with E-state index in [2.05, 4.69) is 17.1 Å². The summed E-state index contributed by atoms with van der Waals surface area (Å²) in [5.41, 5.74) is 2.78. The molecule has 5 heteroatoms. The smallest absolute Gasteiger partial charge is 0.178 e. The maximum atomic E-state index is 13.5. The van der Waals surface area contributed by atoms with Gasteiger partial charge in [0.05, 0.1) is 12.8 Å². The highest BCUT2D eigenvalue weighted by molar-refractivity contribution is 7.80. The van der Waals surface area contributed by atoms with Gasteiger partial charge < -0.3 is 15.0 Å². The van der Waals surface area contributed by atoms with E-state index in [1.54, 1.807) is 19.2 Å². The molecule has 0 aromatic heterocycles. The number of halogens is 1. The molecule has 1 unspecified atom stereocenters. The summed E-state index contributed by atoms with van der Waals surface area (Å²) >= 11 is 5.62. The van der Waals surface area contributed by atoms with Crippen LogP contribution in [0.1, 0.15) is 18.9 Å². The van der Waals surface area contributed by atoms with Crippen LogP contribution in [0.4, 0.5) is 15.8 Å². The molecule has 1 aliphatic heterocycles. The predicted molar refractivity (Wildman–Crippen MR) is 95.9 cm³/mol. The topological polar surface area (TPSA) is 24.5 Å². The van der Waals surface area contributed by atoms with Gasteiger partial charge >= 0.3 is 0 Å². The van der Waals surface area contributed by atoms with Crippen molar-refractivity contribution >= 4 is 28.7 Å². The van der Waals surface area contributed by atoms with Crippen LogP contribution in [0.2, 0.25) is 0 Å². The minimum Gasteiger partial charge on any atom is -0.495 e. The molecule has 0 amide bonds. The monoisotopic (exact) mass is 330 g/mol. The fourth-order valence-electron chi connectivity index (χ4n) is 2.95. The Bertz CT molecular complexity index is 735. The maximum absolute atomic E-state index is 13.5. The van der Waals surface area contributed by atoms with E-state index in [9.17, 15) is 4.39 Å². The minimum absolute atomic E-state index is 0.207. The molecule has 1 aliphatic rings. The number of aryl methyl sites for hydroxylation is 1. The summed E-state index contributed by atoms with van der Waals surface area (Å²) in [5.74, 6) is 0.528. The van der Waals surface area contributed by atoms with E-state index >= 15 is 0 Å². The number of fused-ring (bicyclic) bond motifs is 1. The van der Waals surface area contributed by atoms with Gasteiger partial charge in [-0.05, 0) is 67.9 Å². The molecule has 0 fully saturated rings. The summed E-state index contributed by atoms with van der Waals surface area (Å²) in [7, 11) is 1.63. The molecule has 3 rings (SSSR count). The van der Waals surface area contributed by atoms with Crippen molar-refractivity contribution in [3.63, 3.8) is 0 Å². The third-order valence-electron chi connectivity index (χ3n) is 4.14. The fraction of sp³-hybridized carbons (Fsp3) is 0.278. The summed E-state index contributed by atoms with van der Waals surface area (Å²) in [4.78, 5) is 2.06. The number of anilines is 2. The zero-order valence-corrected chi connectivity index (χ0v) is 14.0. The highest BCUT2D eigenvalue weighted by atomic mass is 32.1. The van der Waals surface area contributed by atoms with Crippen molar-refractivity contribution in [1.29, 1.82) is 0 Å². The summed E-state index contributed by atoms with van der Waals surface area (Å²) < 4.78 is 18.8. The minimum atomic E-state index is -0.207. The van der Waals surface area contributed by atoms with Crippen LogP contribution in [-0.4, -0.2) is 18.3 Å². The molecule has 0 saturated carbocycles. The second-order valence-electron chi connectivity index (χ2n) is 5.66. The van der Waals surface area contributed by atoms with Crippen LogP contribution in [0.15, 0.2) is 42.5 Å². The van der Waals surface area contributed by atoms with Crippen molar-refractivity contribution < 1.29 is 9.13 Å². The molecule has 0 saturated heterocycles. The van der Waals surface area contributed by atoms with Gasteiger partial charge in [0.2, 0.25) is 0 Å². The number of hydrogen-bond donors (Lipinski definition) is 1. The number of nitrogens with one attached hydrogen (secondary N) is 1. The highest BCUT2D eigenvalue weighted by Gasteiger charge is 2.26. The lowest BCUT2D eigenvalue weighted by atomic mass is 9.97. The Hall–Kier alpha value is -2.14. The Morgan fingerprint density at radius 1 is 1.30 bits per heavy atom. The lowest BCUT2D eigenvalue weighted by Gasteiger charge is -2.37. The standard InChI is InChI=1S/C18H19FN2OS/c1-12-7-8-13-11-14(19)9-10-16(13)21(12)18(23)20-15-5-3-4-6-17(15)22-2/h3-6,9-12H,7-8H2,1-2H3,(H,20,23). The van der Waals surface area contributed by atoms with Gasteiger partial charge in [0, 0.05) is 11.7 Å². The van der Waals surface area contributed by atoms with Gasteiger partial charge in [0.15, 0.2) is 5.11 Å². The first-order valence-electron chi connectivity index (χ1n) is 7.62. The van der Waals surface area contributed by atoms with Crippen LogP contribution in [-0.2, 0) is 6.42 Å². The summed E-state index contributed by atoms with van der Waals surface area (Å²) in [6.07, 6.45) is 1.80. The number of para-hydroxylation sites is 2. The van der Waals surface area contributed by atoms with Gasteiger partial charge in [0.1, 0.15) is 11.6 Å². The first-order valence-corrected chi connectivity index (χ1v) is 8.02. The number of nitrogens with zero attached hydrogens (tertiary/aromatic N) is 1. The molecule has 1 heterocycles. The Morgan fingerprint density at radius 3 is 2.87 bits per heavy atom. The Balaban J connectivity index is 1.90. The molecule has 2 aromatic carbocycles. The summed E-state index contributed by atoms with van der Waals surface area (Å²) in [6.45, 7) is 2.13. The number of benzene rings is 2. The number of ether oxygens (including phenoxy) is 1.